The highest BCUT2D eigenvalue weighted by molar-refractivity contribution is 7.48. The number of ketones is 1. The molecule has 0 bridgehead atoms. The average molecular weight is 378 g/mol. The molecule has 0 N–H and O–H groups in total. The number of Topliss-reactive ketones (excluding diaryl/α,β-unsaturated/α-hetero) is 1. The minimum Gasteiger partial charge on any atom is -0.485 e. The van der Waals surface area contributed by atoms with E-state index in [0.29, 0.717) is 11.3 Å². The number of rotatable bonds is 11. The van der Waals surface area contributed by atoms with Gasteiger partial charge in [-0.1, -0.05) is 42.5 Å². The number of carbonyl (C=O) groups excluding carboxylic acids is 1. The molecule has 0 aliphatic heterocycles. The molecule has 0 unspecified atom stereocenters. The number of phosphoric acid groups is 1. The van der Waals surface area contributed by atoms with Gasteiger partial charge < -0.3 is 4.74 Å². The molecule has 2 aromatic rings. The van der Waals surface area contributed by atoms with Gasteiger partial charge in [0.25, 0.3) is 0 Å². The lowest BCUT2D eigenvalue weighted by Crippen LogP contribution is -2.11. The molecule has 0 saturated carbocycles. The Morgan fingerprint density at radius 1 is 0.885 bits per heavy atom. The first-order valence-corrected chi connectivity index (χ1v) is 9.86. The van der Waals surface area contributed by atoms with Crippen molar-refractivity contribution in [1.29, 1.82) is 0 Å². The van der Waals surface area contributed by atoms with Gasteiger partial charge in [0.1, 0.15) is 5.75 Å². The first-order valence-electron chi connectivity index (χ1n) is 8.40. The molecular formula is C19H23O6P. The van der Waals surface area contributed by atoms with Crippen LogP contribution in [0.3, 0.4) is 0 Å². The van der Waals surface area contributed by atoms with E-state index in [1.165, 1.54) is 0 Å². The van der Waals surface area contributed by atoms with Crippen LogP contribution in [0.4, 0.5) is 0 Å². The molecule has 0 amide bonds. The Bertz CT molecular complexity index is 719. The zero-order chi connectivity index (χ0) is 18.8. The summed E-state index contributed by atoms with van der Waals surface area (Å²) >= 11 is 0. The van der Waals surface area contributed by atoms with Crippen LogP contribution in [0.2, 0.25) is 0 Å². The second kappa shape index (κ2) is 10.2. The van der Waals surface area contributed by atoms with Crippen molar-refractivity contribution in [1.82, 2.24) is 0 Å². The Hall–Kier alpha value is -1.98. The topological polar surface area (TPSA) is 71.1 Å². The monoisotopic (exact) mass is 378 g/mol. The second-order valence-corrected chi connectivity index (χ2v) is 6.95. The summed E-state index contributed by atoms with van der Waals surface area (Å²) in [6, 6.07) is 16.0. The van der Waals surface area contributed by atoms with Gasteiger partial charge in [0, 0.05) is 5.56 Å². The molecule has 0 aromatic heterocycles. The summed E-state index contributed by atoms with van der Waals surface area (Å²) in [4.78, 5) is 12.0. The van der Waals surface area contributed by atoms with Crippen molar-refractivity contribution in [2.24, 2.45) is 0 Å². The molecule has 26 heavy (non-hydrogen) atoms. The van der Waals surface area contributed by atoms with Gasteiger partial charge in [-0.25, -0.2) is 4.57 Å². The Morgan fingerprint density at radius 3 is 2.08 bits per heavy atom. The third kappa shape index (κ3) is 6.39. The zero-order valence-corrected chi connectivity index (χ0v) is 15.8. The maximum absolute atomic E-state index is 12.2. The maximum atomic E-state index is 12.2. The molecule has 0 fully saturated rings. The van der Waals surface area contributed by atoms with Crippen molar-refractivity contribution in [2.75, 3.05) is 19.8 Å². The van der Waals surface area contributed by atoms with E-state index in [2.05, 4.69) is 0 Å². The van der Waals surface area contributed by atoms with E-state index >= 15 is 0 Å². The first-order chi connectivity index (χ1) is 12.6. The van der Waals surface area contributed by atoms with Crippen LogP contribution in [0.1, 0.15) is 29.8 Å². The number of phosphoric ester groups is 1. The number of hydrogen-bond donors (Lipinski definition) is 0. The second-order valence-electron chi connectivity index (χ2n) is 5.28. The van der Waals surface area contributed by atoms with Crippen LogP contribution in [0.5, 0.6) is 5.75 Å². The van der Waals surface area contributed by atoms with E-state index in [4.69, 9.17) is 18.3 Å². The van der Waals surface area contributed by atoms with Gasteiger partial charge in [-0.3, -0.25) is 18.4 Å². The minimum atomic E-state index is -3.53. The molecule has 0 atom stereocenters. The summed E-state index contributed by atoms with van der Waals surface area (Å²) in [7, 11) is -3.53. The molecule has 7 heteroatoms. The zero-order valence-electron chi connectivity index (χ0n) is 14.9. The van der Waals surface area contributed by atoms with Crippen molar-refractivity contribution in [3.05, 3.63) is 65.7 Å². The number of benzene rings is 2. The first kappa shape index (κ1) is 20.3. The van der Waals surface area contributed by atoms with E-state index in [-0.39, 0.29) is 32.2 Å². The Labute approximate surface area is 153 Å². The maximum Gasteiger partial charge on any atom is 0.475 e. The molecule has 0 aliphatic rings. The fourth-order valence-electron chi connectivity index (χ4n) is 2.12. The standard InChI is InChI=1S/C19H23O6P/c1-3-23-26(21,24-4-2)25-14-16-10-12-18(13-11-16)22-15-19(20)17-8-6-5-7-9-17/h5-13H,3-4,14-15H2,1-2H3. The Morgan fingerprint density at radius 2 is 1.50 bits per heavy atom. The van der Waals surface area contributed by atoms with Gasteiger partial charge in [-0.15, -0.1) is 0 Å². The van der Waals surface area contributed by atoms with Gasteiger partial charge in [0.05, 0.1) is 19.8 Å². The van der Waals surface area contributed by atoms with Gasteiger partial charge in [0.2, 0.25) is 0 Å². The molecule has 6 nitrogen and oxygen atoms in total. The molecular weight excluding hydrogens is 355 g/mol. The van der Waals surface area contributed by atoms with Gasteiger partial charge in [-0.2, -0.15) is 0 Å². The van der Waals surface area contributed by atoms with Gasteiger partial charge >= 0.3 is 7.82 Å². The average Bonchev–Trinajstić information content (AvgIpc) is 2.66. The summed E-state index contributed by atoms with van der Waals surface area (Å²) in [6.07, 6.45) is 0. The molecule has 0 spiro atoms. The highest BCUT2D eigenvalue weighted by Crippen LogP contribution is 2.49. The van der Waals surface area contributed by atoms with Crippen LogP contribution in [-0.4, -0.2) is 25.6 Å². The third-order valence-corrected chi connectivity index (χ3v) is 4.95. The Balaban J connectivity index is 1.86. The van der Waals surface area contributed by atoms with Crippen LogP contribution < -0.4 is 4.74 Å². The summed E-state index contributed by atoms with van der Waals surface area (Å²) in [5, 5.41) is 0. The van der Waals surface area contributed by atoms with E-state index in [1.54, 1.807) is 50.2 Å². The van der Waals surface area contributed by atoms with E-state index in [0.717, 1.165) is 5.56 Å². The van der Waals surface area contributed by atoms with Gasteiger partial charge in [-0.05, 0) is 31.5 Å². The van der Waals surface area contributed by atoms with E-state index in [9.17, 15) is 9.36 Å². The smallest absolute Gasteiger partial charge is 0.475 e. The minimum absolute atomic E-state index is 0.0380. The highest BCUT2D eigenvalue weighted by atomic mass is 31.2. The molecule has 0 aliphatic carbocycles. The summed E-state index contributed by atoms with van der Waals surface area (Å²) in [5.74, 6) is 0.475. The highest BCUT2D eigenvalue weighted by Gasteiger charge is 2.25. The van der Waals surface area contributed by atoms with Crippen molar-refractivity contribution in [2.45, 2.75) is 20.5 Å². The summed E-state index contributed by atoms with van der Waals surface area (Å²) in [5.41, 5.74) is 1.39. The van der Waals surface area contributed by atoms with Crippen molar-refractivity contribution < 1.29 is 27.7 Å². The molecule has 2 aromatic carbocycles. The van der Waals surface area contributed by atoms with E-state index < -0.39 is 7.82 Å². The fourth-order valence-corrected chi connectivity index (χ4v) is 3.28. The van der Waals surface area contributed by atoms with Crippen molar-refractivity contribution >= 4 is 13.6 Å². The van der Waals surface area contributed by atoms with Crippen LogP contribution in [0.25, 0.3) is 0 Å². The Kier molecular flexibility index (Phi) is 8.01. The molecule has 140 valence electrons. The van der Waals surface area contributed by atoms with Crippen LogP contribution in [0, 0.1) is 0 Å². The quantitative estimate of drug-likeness (QED) is 0.419. The molecule has 2 rings (SSSR count). The predicted octanol–water partition coefficient (Wildman–Crippen LogP) is 4.65. The van der Waals surface area contributed by atoms with E-state index in [1.807, 2.05) is 18.2 Å². The molecule has 0 saturated heterocycles. The predicted molar refractivity (Wildman–Crippen MR) is 98.4 cm³/mol. The van der Waals surface area contributed by atoms with Crippen LogP contribution in [0.15, 0.2) is 54.6 Å². The fraction of sp³-hybridized carbons (Fsp3) is 0.316. The number of hydrogen-bond acceptors (Lipinski definition) is 6. The van der Waals surface area contributed by atoms with Gasteiger partial charge in [0.15, 0.2) is 12.4 Å². The van der Waals surface area contributed by atoms with Crippen LogP contribution >= 0.6 is 7.82 Å². The lowest BCUT2D eigenvalue weighted by Gasteiger charge is -2.16. The normalized spacial score (nSPS) is 11.3. The lowest BCUT2D eigenvalue weighted by molar-refractivity contribution is 0.0921. The lowest BCUT2D eigenvalue weighted by atomic mass is 10.1. The number of carbonyl (C=O) groups is 1. The molecule has 0 radical (unpaired) electrons. The summed E-state index contributed by atoms with van der Waals surface area (Å²) in [6.45, 7) is 3.96. The third-order valence-electron chi connectivity index (χ3n) is 3.35. The molecule has 0 heterocycles. The number of ether oxygens (including phenoxy) is 1. The van der Waals surface area contributed by atoms with Crippen molar-refractivity contribution in [3.63, 3.8) is 0 Å². The van der Waals surface area contributed by atoms with Crippen molar-refractivity contribution in [3.8, 4) is 5.75 Å². The SMILES string of the molecule is CCOP(=O)(OCC)OCc1ccc(OCC(=O)c2ccccc2)cc1. The van der Waals surface area contributed by atoms with Crippen LogP contribution in [-0.2, 0) is 24.7 Å². The largest absolute Gasteiger partial charge is 0.485 e. The summed E-state index contributed by atoms with van der Waals surface area (Å²) < 4.78 is 33.2.